The van der Waals surface area contributed by atoms with E-state index in [1.165, 1.54) is 19.3 Å². The van der Waals surface area contributed by atoms with Crippen molar-refractivity contribution in [2.24, 2.45) is 5.92 Å². The van der Waals surface area contributed by atoms with Crippen molar-refractivity contribution in [2.75, 3.05) is 0 Å². The number of rotatable bonds is 3. The SMILES string of the molecule is CC1CCCCC1NSC(F)F. The van der Waals surface area contributed by atoms with Crippen molar-refractivity contribution < 1.29 is 8.78 Å². The molecule has 1 aliphatic rings. The average molecular weight is 195 g/mol. The molecule has 0 bridgehead atoms. The molecule has 1 saturated carbocycles. The molecule has 1 aliphatic carbocycles. The van der Waals surface area contributed by atoms with Crippen LogP contribution in [0.2, 0.25) is 0 Å². The summed E-state index contributed by atoms with van der Waals surface area (Å²) in [5, 5.41) is 0. The summed E-state index contributed by atoms with van der Waals surface area (Å²) >= 11 is 0.558. The van der Waals surface area contributed by atoms with Gasteiger partial charge in [0.05, 0.1) is 0 Å². The third-order valence-electron chi connectivity index (χ3n) is 2.42. The first-order chi connectivity index (χ1) is 5.70. The summed E-state index contributed by atoms with van der Waals surface area (Å²) in [5.41, 5.74) is 0. The lowest BCUT2D eigenvalue weighted by Gasteiger charge is -2.28. The molecular weight excluding hydrogens is 180 g/mol. The van der Waals surface area contributed by atoms with Gasteiger partial charge in [-0.2, -0.15) is 8.78 Å². The fourth-order valence-corrected chi connectivity index (χ4v) is 2.26. The minimum Gasteiger partial charge on any atom is -0.256 e. The predicted molar refractivity (Wildman–Crippen MR) is 48.2 cm³/mol. The Bertz CT molecular complexity index is 132. The zero-order chi connectivity index (χ0) is 8.97. The molecule has 4 heteroatoms. The molecular formula is C8H15F2NS. The smallest absolute Gasteiger partial charge is 0.256 e. The summed E-state index contributed by atoms with van der Waals surface area (Å²) < 4.78 is 26.5. The Morgan fingerprint density at radius 1 is 1.33 bits per heavy atom. The lowest BCUT2D eigenvalue weighted by atomic mass is 9.87. The normalized spacial score (nSPS) is 31.0. The first-order valence-corrected chi connectivity index (χ1v) is 5.27. The van der Waals surface area contributed by atoms with E-state index < -0.39 is 5.76 Å². The fourth-order valence-electron chi connectivity index (χ4n) is 1.63. The number of hydrogen-bond donors (Lipinski definition) is 1. The molecule has 1 N–H and O–H groups in total. The lowest BCUT2D eigenvalue weighted by molar-refractivity contribution is 0.247. The first-order valence-electron chi connectivity index (χ1n) is 4.39. The maximum absolute atomic E-state index is 11.8. The predicted octanol–water partition coefficient (Wildman–Crippen LogP) is 3.03. The van der Waals surface area contributed by atoms with E-state index in [2.05, 4.69) is 11.6 Å². The molecule has 1 fully saturated rings. The van der Waals surface area contributed by atoms with E-state index in [1.54, 1.807) is 0 Å². The molecule has 2 unspecified atom stereocenters. The number of nitrogens with one attached hydrogen (secondary N) is 1. The van der Waals surface area contributed by atoms with Crippen LogP contribution in [0.15, 0.2) is 0 Å². The van der Waals surface area contributed by atoms with Crippen LogP contribution < -0.4 is 4.72 Å². The molecule has 0 aromatic rings. The van der Waals surface area contributed by atoms with Crippen molar-refractivity contribution in [3.63, 3.8) is 0 Å². The van der Waals surface area contributed by atoms with E-state index >= 15 is 0 Å². The Morgan fingerprint density at radius 2 is 2.00 bits per heavy atom. The van der Waals surface area contributed by atoms with Gasteiger partial charge < -0.3 is 0 Å². The van der Waals surface area contributed by atoms with Crippen molar-refractivity contribution in [3.8, 4) is 0 Å². The summed E-state index contributed by atoms with van der Waals surface area (Å²) in [6, 6.07) is 0.290. The van der Waals surface area contributed by atoms with Crippen molar-refractivity contribution >= 4 is 11.9 Å². The van der Waals surface area contributed by atoms with Crippen LogP contribution in [0.4, 0.5) is 8.78 Å². The van der Waals surface area contributed by atoms with Gasteiger partial charge in [0.1, 0.15) is 0 Å². The Labute approximate surface area is 76.4 Å². The summed E-state index contributed by atoms with van der Waals surface area (Å²) in [5.74, 6) is -1.75. The van der Waals surface area contributed by atoms with Crippen LogP contribution in [0.5, 0.6) is 0 Å². The van der Waals surface area contributed by atoms with Gasteiger partial charge in [-0.3, -0.25) is 4.72 Å². The molecule has 0 saturated heterocycles. The Balaban J connectivity index is 2.20. The van der Waals surface area contributed by atoms with Crippen LogP contribution in [0, 0.1) is 5.92 Å². The van der Waals surface area contributed by atoms with Gasteiger partial charge in [0.15, 0.2) is 0 Å². The molecule has 0 aromatic heterocycles. The Morgan fingerprint density at radius 3 is 2.58 bits per heavy atom. The Kier molecular flexibility index (Phi) is 4.29. The zero-order valence-corrected chi connectivity index (χ0v) is 8.04. The topological polar surface area (TPSA) is 12.0 Å². The van der Waals surface area contributed by atoms with Gasteiger partial charge in [0.25, 0.3) is 5.76 Å². The number of alkyl halides is 2. The van der Waals surface area contributed by atoms with E-state index in [0.29, 0.717) is 17.9 Å². The minimum absolute atomic E-state index is 0.290. The molecule has 12 heavy (non-hydrogen) atoms. The van der Waals surface area contributed by atoms with E-state index in [4.69, 9.17) is 0 Å². The van der Waals surface area contributed by atoms with Crippen LogP contribution in [0.3, 0.4) is 0 Å². The molecule has 0 heterocycles. The van der Waals surface area contributed by atoms with Crippen LogP contribution in [0.25, 0.3) is 0 Å². The first kappa shape index (κ1) is 10.3. The van der Waals surface area contributed by atoms with Gasteiger partial charge in [-0.05, 0) is 30.7 Å². The van der Waals surface area contributed by atoms with E-state index in [9.17, 15) is 8.78 Å². The molecule has 0 amide bonds. The lowest BCUT2D eigenvalue weighted by Crippen LogP contribution is -2.33. The third kappa shape index (κ3) is 3.27. The molecule has 2 atom stereocenters. The van der Waals surface area contributed by atoms with Crippen molar-refractivity contribution in [1.29, 1.82) is 0 Å². The number of hydrogen-bond acceptors (Lipinski definition) is 2. The molecule has 0 aliphatic heterocycles. The van der Waals surface area contributed by atoms with Gasteiger partial charge in [-0.1, -0.05) is 19.8 Å². The van der Waals surface area contributed by atoms with Crippen LogP contribution in [-0.2, 0) is 0 Å². The van der Waals surface area contributed by atoms with E-state index in [0.717, 1.165) is 6.42 Å². The van der Waals surface area contributed by atoms with Crippen molar-refractivity contribution in [1.82, 2.24) is 4.72 Å². The highest BCUT2D eigenvalue weighted by atomic mass is 32.2. The summed E-state index contributed by atoms with van der Waals surface area (Å²) in [7, 11) is 0. The number of halogens is 2. The maximum Gasteiger partial charge on any atom is 0.297 e. The largest absolute Gasteiger partial charge is 0.297 e. The standard InChI is InChI=1S/C8H15F2NS/c1-6-4-2-3-5-7(6)11-12-8(9)10/h6-8,11H,2-5H2,1H3. The third-order valence-corrected chi connectivity index (χ3v) is 3.04. The van der Waals surface area contributed by atoms with E-state index in [1.807, 2.05) is 0 Å². The van der Waals surface area contributed by atoms with Crippen LogP contribution in [0.1, 0.15) is 32.6 Å². The minimum atomic E-state index is -2.29. The molecule has 1 nitrogen and oxygen atoms in total. The van der Waals surface area contributed by atoms with Crippen molar-refractivity contribution in [3.05, 3.63) is 0 Å². The maximum atomic E-state index is 11.8. The fraction of sp³-hybridized carbons (Fsp3) is 1.00. The van der Waals surface area contributed by atoms with Gasteiger partial charge in [0.2, 0.25) is 0 Å². The molecule has 0 aromatic carbocycles. The second-order valence-electron chi connectivity index (χ2n) is 3.36. The highest BCUT2D eigenvalue weighted by molar-refractivity contribution is 7.97. The molecule has 0 spiro atoms. The molecule has 1 rings (SSSR count). The Hall–Kier alpha value is 0.170. The van der Waals surface area contributed by atoms with Gasteiger partial charge >= 0.3 is 0 Å². The van der Waals surface area contributed by atoms with Gasteiger partial charge in [0, 0.05) is 6.04 Å². The second-order valence-corrected chi connectivity index (χ2v) is 4.19. The summed E-state index contributed by atoms with van der Waals surface area (Å²) in [4.78, 5) is 0. The second kappa shape index (κ2) is 5.02. The molecule has 0 radical (unpaired) electrons. The summed E-state index contributed by atoms with van der Waals surface area (Å²) in [6.07, 6.45) is 4.63. The van der Waals surface area contributed by atoms with Crippen LogP contribution in [-0.4, -0.2) is 11.8 Å². The monoisotopic (exact) mass is 195 g/mol. The molecule has 72 valence electrons. The quantitative estimate of drug-likeness (QED) is 0.695. The highest BCUT2D eigenvalue weighted by Gasteiger charge is 2.21. The zero-order valence-electron chi connectivity index (χ0n) is 7.22. The van der Waals surface area contributed by atoms with Crippen molar-refractivity contribution in [2.45, 2.75) is 44.4 Å². The van der Waals surface area contributed by atoms with Gasteiger partial charge in [-0.15, -0.1) is 0 Å². The average Bonchev–Trinajstić information content (AvgIpc) is 2.03. The van der Waals surface area contributed by atoms with E-state index in [-0.39, 0.29) is 6.04 Å². The summed E-state index contributed by atoms with van der Waals surface area (Å²) in [6.45, 7) is 2.13. The highest BCUT2D eigenvalue weighted by Crippen LogP contribution is 2.26. The van der Waals surface area contributed by atoms with Crippen LogP contribution >= 0.6 is 11.9 Å². The van der Waals surface area contributed by atoms with Gasteiger partial charge in [-0.25, -0.2) is 0 Å².